The molecule has 5 nitrogen and oxygen atoms in total. The fourth-order valence-corrected chi connectivity index (χ4v) is 2.54. The SMILES string of the molecule is COCC(C)NC(=O)CN1CCOC(c2ccc(F)cc2)C1. The summed E-state index contributed by atoms with van der Waals surface area (Å²) in [7, 11) is 1.61. The van der Waals surface area contributed by atoms with Crippen molar-refractivity contribution in [3.63, 3.8) is 0 Å². The number of carbonyl (C=O) groups excluding carboxylic acids is 1. The van der Waals surface area contributed by atoms with Crippen molar-refractivity contribution in [3.05, 3.63) is 35.6 Å². The fourth-order valence-electron chi connectivity index (χ4n) is 2.54. The highest BCUT2D eigenvalue weighted by Crippen LogP contribution is 2.22. The number of nitrogens with one attached hydrogen (secondary N) is 1. The van der Waals surface area contributed by atoms with E-state index in [0.29, 0.717) is 32.8 Å². The number of morpholine rings is 1. The first-order chi connectivity index (χ1) is 10.6. The molecule has 0 aromatic heterocycles. The van der Waals surface area contributed by atoms with Crippen molar-refractivity contribution in [2.24, 2.45) is 0 Å². The van der Waals surface area contributed by atoms with Crippen LogP contribution < -0.4 is 5.32 Å². The van der Waals surface area contributed by atoms with Gasteiger partial charge in [0.05, 0.1) is 25.9 Å². The van der Waals surface area contributed by atoms with Crippen LogP contribution in [0.5, 0.6) is 0 Å². The van der Waals surface area contributed by atoms with Crippen LogP contribution in [0, 0.1) is 5.82 Å². The molecule has 2 rings (SSSR count). The molecule has 1 amide bonds. The Kier molecular flexibility index (Phi) is 6.30. The van der Waals surface area contributed by atoms with Crippen molar-refractivity contribution in [2.75, 3.05) is 40.0 Å². The van der Waals surface area contributed by atoms with Gasteiger partial charge in [-0.15, -0.1) is 0 Å². The van der Waals surface area contributed by atoms with Gasteiger partial charge in [0.1, 0.15) is 5.82 Å². The van der Waals surface area contributed by atoms with Crippen LogP contribution in [0.2, 0.25) is 0 Å². The van der Waals surface area contributed by atoms with Gasteiger partial charge < -0.3 is 14.8 Å². The number of hydrogen-bond donors (Lipinski definition) is 1. The predicted molar refractivity (Wildman–Crippen MR) is 81.0 cm³/mol. The van der Waals surface area contributed by atoms with Crippen LogP contribution in [-0.4, -0.2) is 56.8 Å². The standard InChI is InChI=1S/C16H23FN2O3/c1-12(11-21-2)18-16(20)10-19-7-8-22-15(9-19)13-3-5-14(17)6-4-13/h3-6,12,15H,7-11H2,1-2H3,(H,18,20). The number of halogens is 1. The second-order valence-corrected chi connectivity index (χ2v) is 5.57. The monoisotopic (exact) mass is 310 g/mol. The third kappa shape index (κ3) is 5.05. The van der Waals surface area contributed by atoms with E-state index in [4.69, 9.17) is 9.47 Å². The summed E-state index contributed by atoms with van der Waals surface area (Å²) in [6, 6.07) is 6.30. The Morgan fingerprint density at radius 3 is 2.91 bits per heavy atom. The Morgan fingerprint density at radius 2 is 2.23 bits per heavy atom. The first kappa shape index (κ1) is 16.9. The van der Waals surface area contributed by atoms with Gasteiger partial charge in [-0.3, -0.25) is 9.69 Å². The molecule has 0 spiro atoms. The average molecular weight is 310 g/mol. The van der Waals surface area contributed by atoms with Gasteiger partial charge in [0, 0.05) is 26.2 Å². The van der Waals surface area contributed by atoms with E-state index in [0.717, 1.165) is 5.56 Å². The number of nitrogens with zero attached hydrogens (tertiary/aromatic N) is 1. The zero-order valence-corrected chi connectivity index (χ0v) is 13.0. The molecule has 0 saturated carbocycles. The summed E-state index contributed by atoms with van der Waals surface area (Å²) in [6.07, 6.45) is -0.126. The minimum absolute atomic E-state index is 0.00793. The van der Waals surface area contributed by atoms with Crippen molar-refractivity contribution in [1.29, 1.82) is 0 Å². The van der Waals surface area contributed by atoms with Crippen molar-refractivity contribution in [1.82, 2.24) is 10.2 Å². The molecule has 1 aliphatic rings. The molecule has 2 unspecified atom stereocenters. The molecule has 0 aliphatic carbocycles. The molecule has 1 fully saturated rings. The first-order valence-electron chi connectivity index (χ1n) is 7.46. The summed E-state index contributed by atoms with van der Waals surface area (Å²) in [4.78, 5) is 14.0. The van der Waals surface area contributed by atoms with Gasteiger partial charge in [0.15, 0.2) is 0 Å². The molecular weight excluding hydrogens is 287 g/mol. The van der Waals surface area contributed by atoms with E-state index >= 15 is 0 Å². The zero-order valence-electron chi connectivity index (χ0n) is 13.0. The van der Waals surface area contributed by atoms with Gasteiger partial charge in [0.2, 0.25) is 5.91 Å². The van der Waals surface area contributed by atoms with Crippen LogP contribution in [0.25, 0.3) is 0 Å². The third-order valence-electron chi connectivity index (χ3n) is 3.58. The number of ether oxygens (including phenoxy) is 2. The largest absolute Gasteiger partial charge is 0.383 e. The van der Waals surface area contributed by atoms with E-state index in [1.807, 2.05) is 11.8 Å². The molecule has 22 heavy (non-hydrogen) atoms. The number of rotatable bonds is 6. The fraction of sp³-hybridized carbons (Fsp3) is 0.562. The average Bonchev–Trinajstić information content (AvgIpc) is 2.48. The maximum Gasteiger partial charge on any atom is 0.234 e. The number of hydrogen-bond acceptors (Lipinski definition) is 4. The lowest BCUT2D eigenvalue weighted by atomic mass is 10.1. The Morgan fingerprint density at radius 1 is 1.50 bits per heavy atom. The molecular formula is C16H23FN2O3. The third-order valence-corrected chi connectivity index (χ3v) is 3.58. The topological polar surface area (TPSA) is 50.8 Å². The van der Waals surface area contributed by atoms with E-state index < -0.39 is 0 Å². The van der Waals surface area contributed by atoms with Crippen LogP contribution in [0.15, 0.2) is 24.3 Å². The highest BCUT2D eigenvalue weighted by Gasteiger charge is 2.23. The Bertz CT molecular complexity index is 481. The van der Waals surface area contributed by atoms with Crippen LogP contribution in [0.1, 0.15) is 18.6 Å². The Hall–Kier alpha value is -1.50. The van der Waals surface area contributed by atoms with Crippen molar-refractivity contribution >= 4 is 5.91 Å². The molecule has 1 heterocycles. The van der Waals surface area contributed by atoms with Crippen LogP contribution >= 0.6 is 0 Å². The summed E-state index contributed by atoms with van der Waals surface area (Å²) in [6.45, 7) is 4.62. The van der Waals surface area contributed by atoms with E-state index in [2.05, 4.69) is 5.32 Å². The molecule has 6 heteroatoms. The second kappa shape index (κ2) is 8.22. The van der Waals surface area contributed by atoms with Gasteiger partial charge in [-0.05, 0) is 24.6 Å². The maximum atomic E-state index is 13.0. The number of carbonyl (C=O) groups is 1. The minimum Gasteiger partial charge on any atom is -0.383 e. The Labute approximate surface area is 130 Å². The van der Waals surface area contributed by atoms with Crippen molar-refractivity contribution < 1.29 is 18.7 Å². The summed E-state index contributed by atoms with van der Waals surface area (Å²) < 4.78 is 23.7. The molecule has 1 aromatic rings. The van der Waals surface area contributed by atoms with E-state index in [1.54, 1.807) is 19.2 Å². The van der Waals surface area contributed by atoms with E-state index in [1.165, 1.54) is 12.1 Å². The molecule has 1 N–H and O–H groups in total. The van der Waals surface area contributed by atoms with Gasteiger partial charge in [-0.25, -0.2) is 4.39 Å². The van der Waals surface area contributed by atoms with Crippen LogP contribution in [-0.2, 0) is 14.3 Å². The van der Waals surface area contributed by atoms with Crippen molar-refractivity contribution in [3.8, 4) is 0 Å². The lowest BCUT2D eigenvalue weighted by molar-refractivity contribution is -0.125. The van der Waals surface area contributed by atoms with Crippen LogP contribution in [0.4, 0.5) is 4.39 Å². The number of amides is 1. The molecule has 0 radical (unpaired) electrons. The normalized spacial score (nSPS) is 20.6. The van der Waals surface area contributed by atoms with Crippen LogP contribution in [0.3, 0.4) is 0 Å². The Balaban J connectivity index is 1.85. The summed E-state index contributed by atoms with van der Waals surface area (Å²) in [5.74, 6) is -0.285. The van der Waals surface area contributed by atoms with Gasteiger partial charge in [-0.2, -0.15) is 0 Å². The quantitative estimate of drug-likeness (QED) is 0.862. The number of methoxy groups -OCH3 is 1. The zero-order chi connectivity index (χ0) is 15.9. The van der Waals surface area contributed by atoms with E-state index in [9.17, 15) is 9.18 Å². The van der Waals surface area contributed by atoms with Gasteiger partial charge in [-0.1, -0.05) is 12.1 Å². The molecule has 1 saturated heterocycles. The number of benzene rings is 1. The lowest BCUT2D eigenvalue weighted by Crippen LogP contribution is -2.46. The smallest absolute Gasteiger partial charge is 0.234 e. The summed E-state index contributed by atoms with van der Waals surface area (Å²) in [5.41, 5.74) is 0.930. The second-order valence-electron chi connectivity index (χ2n) is 5.57. The predicted octanol–water partition coefficient (Wildman–Crippen LogP) is 1.35. The van der Waals surface area contributed by atoms with Gasteiger partial charge in [0.25, 0.3) is 0 Å². The molecule has 2 atom stereocenters. The molecule has 1 aromatic carbocycles. The molecule has 122 valence electrons. The molecule has 1 aliphatic heterocycles. The van der Waals surface area contributed by atoms with Crippen molar-refractivity contribution in [2.45, 2.75) is 19.1 Å². The molecule has 0 bridgehead atoms. The highest BCUT2D eigenvalue weighted by molar-refractivity contribution is 5.78. The maximum absolute atomic E-state index is 13.0. The summed E-state index contributed by atoms with van der Waals surface area (Å²) >= 11 is 0. The highest BCUT2D eigenvalue weighted by atomic mass is 19.1. The van der Waals surface area contributed by atoms with E-state index in [-0.39, 0.29) is 23.9 Å². The minimum atomic E-state index is -0.261. The lowest BCUT2D eigenvalue weighted by Gasteiger charge is -2.32. The summed E-state index contributed by atoms with van der Waals surface area (Å²) in [5, 5.41) is 2.89. The first-order valence-corrected chi connectivity index (χ1v) is 7.46. The van der Waals surface area contributed by atoms with Gasteiger partial charge >= 0.3 is 0 Å².